The predicted octanol–water partition coefficient (Wildman–Crippen LogP) is 2.13. The molecule has 0 atom stereocenters. The standard InChI is InChI=1S/C7H15NO.C2H6.CH4/c9-7-6-8-4-2-1-3-5-8;1-2;/h9H,1-7H2;1-2H3;1H4. The summed E-state index contributed by atoms with van der Waals surface area (Å²) >= 11 is 0. The zero-order valence-electron chi connectivity index (χ0n) is 7.84. The Labute approximate surface area is 77.6 Å². The van der Waals surface area contributed by atoms with Crippen LogP contribution in [0.4, 0.5) is 0 Å². The molecule has 1 aliphatic rings. The first kappa shape index (κ1) is 14.4. The van der Waals surface area contributed by atoms with Crippen LogP contribution in [0, 0.1) is 0 Å². The van der Waals surface area contributed by atoms with E-state index in [2.05, 4.69) is 4.90 Å². The average Bonchev–Trinajstić information content (AvgIpc) is 2.11. The molecular formula is C10H25NO. The lowest BCUT2D eigenvalue weighted by atomic mass is 10.1. The highest BCUT2D eigenvalue weighted by Crippen LogP contribution is 2.06. The monoisotopic (exact) mass is 175 g/mol. The summed E-state index contributed by atoms with van der Waals surface area (Å²) in [5, 5.41) is 8.58. The Bertz CT molecular complexity index is 67.5. The zero-order chi connectivity index (χ0) is 8.53. The summed E-state index contributed by atoms with van der Waals surface area (Å²) in [4.78, 5) is 2.32. The molecule has 1 rings (SSSR count). The largest absolute Gasteiger partial charge is 0.395 e. The van der Waals surface area contributed by atoms with E-state index in [1.807, 2.05) is 13.8 Å². The summed E-state index contributed by atoms with van der Waals surface area (Å²) < 4.78 is 0. The molecule has 0 unspecified atom stereocenters. The van der Waals surface area contributed by atoms with Crippen molar-refractivity contribution in [3.05, 3.63) is 0 Å². The smallest absolute Gasteiger partial charge is 0.0558 e. The van der Waals surface area contributed by atoms with Crippen LogP contribution in [0.1, 0.15) is 40.5 Å². The van der Waals surface area contributed by atoms with Crippen molar-refractivity contribution >= 4 is 0 Å². The Kier molecular flexibility index (Phi) is 13.1. The SMILES string of the molecule is C.CC.OCCN1CCCCC1. The van der Waals surface area contributed by atoms with Gasteiger partial charge in [-0.15, -0.1) is 0 Å². The summed E-state index contributed by atoms with van der Waals surface area (Å²) in [6, 6.07) is 0. The van der Waals surface area contributed by atoms with Crippen molar-refractivity contribution in [2.45, 2.75) is 40.5 Å². The van der Waals surface area contributed by atoms with E-state index in [-0.39, 0.29) is 7.43 Å². The van der Waals surface area contributed by atoms with E-state index in [0.29, 0.717) is 6.61 Å². The van der Waals surface area contributed by atoms with Crippen LogP contribution in [0.15, 0.2) is 0 Å². The number of rotatable bonds is 2. The maximum atomic E-state index is 8.58. The van der Waals surface area contributed by atoms with Crippen LogP contribution in [-0.2, 0) is 0 Å². The minimum Gasteiger partial charge on any atom is -0.395 e. The first-order valence-corrected chi connectivity index (χ1v) is 4.76. The lowest BCUT2D eigenvalue weighted by Gasteiger charge is -2.25. The van der Waals surface area contributed by atoms with E-state index in [9.17, 15) is 0 Å². The molecule has 0 spiro atoms. The number of aliphatic hydroxyl groups is 1. The molecule has 1 N–H and O–H groups in total. The molecule has 1 aliphatic heterocycles. The number of hydrogen-bond donors (Lipinski definition) is 1. The lowest BCUT2D eigenvalue weighted by molar-refractivity contribution is 0.173. The molecule has 1 saturated heterocycles. The van der Waals surface area contributed by atoms with Crippen LogP contribution in [0.5, 0.6) is 0 Å². The normalized spacial score (nSPS) is 17.2. The van der Waals surface area contributed by atoms with E-state index in [0.717, 1.165) is 6.54 Å². The Balaban J connectivity index is 0. The van der Waals surface area contributed by atoms with Crippen LogP contribution < -0.4 is 0 Å². The summed E-state index contributed by atoms with van der Waals surface area (Å²) in [5.41, 5.74) is 0. The van der Waals surface area contributed by atoms with Crippen molar-refractivity contribution < 1.29 is 5.11 Å². The van der Waals surface area contributed by atoms with Gasteiger partial charge in [-0.1, -0.05) is 27.7 Å². The average molecular weight is 175 g/mol. The molecular weight excluding hydrogens is 150 g/mol. The van der Waals surface area contributed by atoms with Crippen LogP contribution >= 0.6 is 0 Å². The summed E-state index contributed by atoms with van der Waals surface area (Å²) in [5.74, 6) is 0. The molecule has 0 aromatic carbocycles. The Hall–Kier alpha value is -0.0800. The lowest BCUT2D eigenvalue weighted by Crippen LogP contribution is -2.31. The van der Waals surface area contributed by atoms with Gasteiger partial charge in [-0.2, -0.15) is 0 Å². The van der Waals surface area contributed by atoms with Crippen LogP contribution in [-0.4, -0.2) is 36.2 Å². The van der Waals surface area contributed by atoms with Crippen molar-refractivity contribution in [3.63, 3.8) is 0 Å². The highest BCUT2D eigenvalue weighted by atomic mass is 16.3. The Morgan fingerprint density at radius 3 is 2.00 bits per heavy atom. The first-order valence-electron chi connectivity index (χ1n) is 4.76. The van der Waals surface area contributed by atoms with E-state index in [1.165, 1.54) is 32.4 Å². The summed E-state index contributed by atoms with van der Waals surface area (Å²) in [7, 11) is 0. The molecule has 1 fully saturated rings. The third kappa shape index (κ3) is 6.62. The van der Waals surface area contributed by atoms with Crippen molar-refractivity contribution in [2.75, 3.05) is 26.2 Å². The predicted molar refractivity (Wildman–Crippen MR) is 55.5 cm³/mol. The van der Waals surface area contributed by atoms with E-state index >= 15 is 0 Å². The van der Waals surface area contributed by atoms with Gasteiger partial charge in [-0.3, -0.25) is 0 Å². The summed E-state index contributed by atoms with van der Waals surface area (Å²) in [6.45, 7) is 7.58. The van der Waals surface area contributed by atoms with E-state index in [1.54, 1.807) is 0 Å². The van der Waals surface area contributed by atoms with Gasteiger partial charge in [0.25, 0.3) is 0 Å². The highest BCUT2D eigenvalue weighted by Gasteiger charge is 2.07. The fourth-order valence-electron chi connectivity index (χ4n) is 1.32. The third-order valence-electron chi connectivity index (χ3n) is 1.86. The van der Waals surface area contributed by atoms with Crippen molar-refractivity contribution in [2.24, 2.45) is 0 Å². The minimum atomic E-state index is 0. The van der Waals surface area contributed by atoms with Gasteiger partial charge in [0, 0.05) is 6.54 Å². The molecule has 0 aromatic rings. The maximum absolute atomic E-state index is 8.58. The molecule has 12 heavy (non-hydrogen) atoms. The molecule has 0 saturated carbocycles. The van der Waals surface area contributed by atoms with Crippen molar-refractivity contribution in [1.29, 1.82) is 0 Å². The zero-order valence-corrected chi connectivity index (χ0v) is 7.84. The van der Waals surface area contributed by atoms with Crippen LogP contribution in [0.25, 0.3) is 0 Å². The molecule has 0 aromatic heterocycles. The topological polar surface area (TPSA) is 23.5 Å². The van der Waals surface area contributed by atoms with Gasteiger partial charge in [0.15, 0.2) is 0 Å². The third-order valence-corrected chi connectivity index (χ3v) is 1.86. The molecule has 1 heterocycles. The molecule has 2 nitrogen and oxygen atoms in total. The second-order valence-corrected chi connectivity index (χ2v) is 2.63. The molecule has 76 valence electrons. The number of β-amino-alcohol motifs (C(OH)–C–C–N with tert-alkyl or cyclic N) is 1. The number of hydrogen-bond acceptors (Lipinski definition) is 2. The van der Waals surface area contributed by atoms with Crippen molar-refractivity contribution in [3.8, 4) is 0 Å². The second-order valence-electron chi connectivity index (χ2n) is 2.63. The molecule has 0 bridgehead atoms. The first-order chi connectivity index (χ1) is 5.43. The van der Waals surface area contributed by atoms with Crippen LogP contribution in [0.2, 0.25) is 0 Å². The molecule has 0 aliphatic carbocycles. The molecule has 2 heteroatoms. The van der Waals surface area contributed by atoms with Gasteiger partial charge in [-0.25, -0.2) is 0 Å². The van der Waals surface area contributed by atoms with E-state index in [4.69, 9.17) is 5.11 Å². The van der Waals surface area contributed by atoms with Gasteiger partial charge in [0.1, 0.15) is 0 Å². The number of likely N-dealkylation sites (tertiary alicyclic amines) is 1. The number of aliphatic hydroxyl groups excluding tert-OH is 1. The number of nitrogens with zero attached hydrogens (tertiary/aromatic N) is 1. The maximum Gasteiger partial charge on any atom is 0.0558 e. The molecule has 0 amide bonds. The highest BCUT2D eigenvalue weighted by molar-refractivity contribution is 4.62. The van der Waals surface area contributed by atoms with Crippen molar-refractivity contribution in [1.82, 2.24) is 4.90 Å². The van der Waals surface area contributed by atoms with Gasteiger partial charge in [-0.05, 0) is 25.9 Å². The minimum absolute atomic E-state index is 0. The van der Waals surface area contributed by atoms with Gasteiger partial charge in [0.05, 0.1) is 6.61 Å². The van der Waals surface area contributed by atoms with Gasteiger partial charge >= 0.3 is 0 Å². The van der Waals surface area contributed by atoms with Gasteiger partial charge < -0.3 is 10.0 Å². The quantitative estimate of drug-likeness (QED) is 0.695. The fourth-order valence-corrected chi connectivity index (χ4v) is 1.32. The second kappa shape index (κ2) is 10.9. The van der Waals surface area contributed by atoms with Gasteiger partial charge in [0.2, 0.25) is 0 Å². The van der Waals surface area contributed by atoms with E-state index < -0.39 is 0 Å². The summed E-state index contributed by atoms with van der Waals surface area (Å²) in [6.07, 6.45) is 4.02. The number of piperidine rings is 1. The Morgan fingerprint density at radius 2 is 1.58 bits per heavy atom. The molecule has 0 radical (unpaired) electrons. The van der Waals surface area contributed by atoms with Crippen LogP contribution in [0.3, 0.4) is 0 Å². The Morgan fingerprint density at radius 1 is 1.08 bits per heavy atom. The fraction of sp³-hybridized carbons (Fsp3) is 1.00.